The van der Waals surface area contributed by atoms with Gasteiger partial charge in [0.25, 0.3) is 0 Å². The molecule has 5 nitrogen and oxygen atoms in total. The molecule has 2 heterocycles. The number of rotatable bonds is 5. The number of morpholine rings is 1. The van der Waals surface area contributed by atoms with Crippen molar-refractivity contribution in [3.63, 3.8) is 0 Å². The lowest BCUT2D eigenvalue weighted by Crippen LogP contribution is -3.15. The van der Waals surface area contributed by atoms with Crippen LogP contribution in [0.2, 0.25) is 0 Å². The summed E-state index contributed by atoms with van der Waals surface area (Å²) < 4.78 is 11.1. The number of hydrogen-bond donors (Lipinski definition) is 3. The average molecular weight is 291 g/mol. The van der Waals surface area contributed by atoms with Gasteiger partial charge in [0.05, 0.1) is 13.2 Å². The summed E-state index contributed by atoms with van der Waals surface area (Å²) in [6.45, 7) is 6.56. The number of nitrogens with one attached hydrogen (secondary N) is 2. The van der Waals surface area contributed by atoms with Crippen molar-refractivity contribution < 1.29 is 19.5 Å². The van der Waals surface area contributed by atoms with Crippen molar-refractivity contribution >= 4 is 10.9 Å². The highest BCUT2D eigenvalue weighted by atomic mass is 16.5. The van der Waals surface area contributed by atoms with Gasteiger partial charge in [0.2, 0.25) is 0 Å². The second-order valence-electron chi connectivity index (χ2n) is 5.70. The van der Waals surface area contributed by atoms with E-state index in [1.807, 2.05) is 25.1 Å². The standard InChI is InChI=1S/C16H22N2O3/c1-12-9-14-15(17-12)3-2-4-16(14)21-11-13(19)10-18-5-7-20-8-6-18/h2-4,9,13,17,19H,5-8,10-11H2,1H3/p+1/t13-/m1/s1. The molecule has 21 heavy (non-hydrogen) atoms. The van der Waals surface area contributed by atoms with Gasteiger partial charge < -0.3 is 24.5 Å². The number of quaternary nitrogens is 1. The van der Waals surface area contributed by atoms with Gasteiger partial charge in [-0.05, 0) is 25.1 Å². The van der Waals surface area contributed by atoms with E-state index >= 15 is 0 Å². The summed E-state index contributed by atoms with van der Waals surface area (Å²) in [5.74, 6) is 0.827. The van der Waals surface area contributed by atoms with Gasteiger partial charge in [-0.25, -0.2) is 0 Å². The minimum Gasteiger partial charge on any atom is -0.490 e. The van der Waals surface area contributed by atoms with Gasteiger partial charge in [0.15, 0.2) is 0 Å². The fraction of sp³-hybridized carbons (Fsp3) is 0.500. The Labute approximate surface area is 124 Å². The third-order valence-corrected chi connectivity index (χ3v) is 3.91. The molecule has 1 aromatic heterocycles. The van der Waals surface area contributed by atoms with Crippen LogP contribution in [0.1, 0.15) is 5.69 Å². The molecule has 0 amide bonds. The summed E-state index contributed by atoms with van der Waals surface area (Å²) in [4.78, 5) is 4.67. The summed E-state index contributed by atoms with van der Waals surface area (Å²) in [5, 5.41) is 11.2. The van der Waals surface area contributed by atoms with Gasteiger partial charge in [0.1, 0.15) is 38.1 Å². The van der Waals surface area contributed by atoms with E-state index in [1.54, 1.807) is 0 Å². The monoisotopic (exact) mass is 291 g/mol. The van der Waals surface area contributed by atoms with E-state index in [0.29, 0.717) is 13.2 Å². The Bertz CT molecular complexity index is 590. The van der Waals surface area contributed by atoms with Crippen molar-refractivity contribution in [2.24, 2.45) is 0 Å². The van der Waals surface area contributed by atoms with E-state index in [9.17, 15) is 5.11 Å². The maximum absolute atomic E-state index is 10.1. The van der Waals surface area contributed by atoms with Crippen LogP contribution in [0.15, 0.2) is 24.3 Å². The fourth-order valence-corrected chi connectivity index (χ4v) is 2.84. The molecule has 3 N–H and O–H groups in total. The van der Waals surface area contributed by atoms with Crippen LogP contribution in [0.25, 0.3) is 10.9 Å². The molecule has 0 saturated carbocycles. The van der Waals surface area contributed by atoms with Crippen LogP contribution in [0, 0.1) is 6.92 Å². The SMILES string of the molecule is Cc1cc2c(OC[C@H](O)C[NH+]3CCOCC3)cccc2[nH]1. The van der Waals surface area contributed by atoms with Crippen LogP contribution in [0.4, 0.5) is 0 Å². The molecule has 2 aromatic rings. The van der Waals surface area contributed by atoms with Gasteiger partial charge >= 0.3 is 0 Å². The number of aliphatic hydroxyl groups is 1. The van der Waals surface area contributed by atoms with Crippen molar-refractivity contribution in [2.75, 3.05) is 39.5 Å². The Morgan fingerprint density at radius 3 is 3.00 bits per heavy atom. The van der Waals surface area contributed by atoms with E-state index in [-0.39, 0.29) is 0 Å². The van der Waals surface area contributed by atoms with E-state index in [2.05, 4.69) is 11.1 Å². The third kappa shape index (κ3) is 3.56. The predicted molar refractivity (Wildman–Crippen MR) is 80.9 cm³/mol. The Balaban J connectivity index is 1.58. The van der Waals surface area contributed by atoms with Gasteiger partial charge in [0, 0.05) is 16.6 Å². The van der Waals surface area contributed by atoms with Crippen molar-refractivity contribution in [3.05, 3.63) is 30.0 Å². The van der Waals surface area contributed by atoms with Crippen molar-refractivity contribution in [3.8, 4) is 5.75 Å². The lowest BCUT2D eigenvalue weighted by Gasteiger charge is -2.25. The quantitative estimate of drug-likeness (QED) is 0.734. The molecule has 0 bridgehead atoms. The Kier molecular flexibility index (Phi) is 4.43. The van der Waals surface area contributed by atoms with Crippen LogP contribution in [-0.4, -0.2) is 55.6 Å². The van der Waals surface area contributed by atoms with Crippen LogP contribution >= 0.6 is 0 Å². The van der Waals surface area contributed by atoms with E-state index < -0.39 is 6.10 Å². The molecule has 0 spiro atoms. The molecule has 0 aliphatic carbocycles. The number of aryl methyl sites for hydroxylation is 1. The molecule has 1 aliphatic heterocycles. The van der Waals surface area contributed by atoms with E-state index in [4.69, 9.17) is 9.47 Å². The van der Waals surface area contributed by atoms with Crippen LogP contribution < -0.4 is 9.64 Å². The molecule has 114 valence electrons. The Morgan fingerprint density at radius 2 is 2.19 bits per heavy atom. The largest absolute Gasteiger partial charge is 0.490 e. The van der Waals surface area contributed by atoms with Crippen LogP contribution in [-0.2, 0) is 4.74 Å². The number of fused-ring (bicyclic) bond motifs is 1. The first-order chi connectivity index (χ1) is 10.2. The van der Waals surface area contributed by atoms with Crippen molar-refractivity contribution in [1.29, 1.82) is 0 Å². The maximum atomic E-state index is 10.1. The maximum Gasteiger partial charge on any atom is 0.137 e. The average Bonchev–Trinajstić information content (AvgIpc) is 2.87. The Hall–Kier alpha value is -1.56. The molecule has 1 atom stereocenters. The molecule has 3 rings (SSSR count). The predicted octanol–water partition coefficient (Wildman–Crippen LogP) is 0.131. The molecule has 1 aromatic carbocycles. The van der Waals surface area contributed by atoms with Gasteiger partial charge in [-0.15, -0.1) is 0 Å². The molecule has 1 aliphatic rings. The van der Waals surface area contributed by atoms with Crippen molar-refractivity contribution in [2.45, 2.75) is 13.0 Å². The van der Waals surface area contributed by atoms with Gasteiger partial charge in [-0.3, -0.25) is 0 Å². The Morgan fingerprint density at radius 1 is 1.38 bits per heavy atom. The fourth-order valence-electron chi connectivity index (χ4n) is 2.84. The zero-order valence-corrected chi connectivity index (χ0v) is 12.4. The number of aromatic nitrogens is 1. The highest BCUT2D eigenvalue weighted by Gasteiger charge is 2.19. The minimum atomic E-state index is -0.451. The summed E-state index contributed by atoms with van der Waals surface area (Å²) in [6, 6.07) is 8.02. The molecule has 1 fully saturated rings. The van der Waals surface area contributed by atoms with E-state index in [0.717, 1.165) is 48.6 Å². The number of hydrogen-bond acceptors (Lipinski definition) is 3. The zero-order valence-electron chi connectivity index (χ0n) is 12.4. The summed E-state index contributed by atoms with van der Waals surface area (Å²) in [6.07, 6.45) is -0.451. The first-order valence-corrected chi connectivity index (χ1v) is 7.53. The lowest BCUT2D eigenvalue weighted by atomic mass is 10.2. The normalized spacial score (nSPS) is 18.0. The number of benzene rings is 1. The van der Waals surface area contributed by atoms with Gasteiger partial charge in [-0.2, -0.15) is 0 Å². The molecule has 1 saturated heterocycles. The topological polar surface area (TPSA) is 58.9 Å². The summed E-state index contributed by atoms with van der Waals surface area (Å²) >= 11 is 0. The number of ether oxygens (including phenoxy) is 2. The smallest absolute Gasteiger partial charge is 0.137 e. The number of aromatic amines is 1. The second kappa shape index (κ2) is 6.47. The highest BCUT2D eigenvalue weighted by molar-refractivity contribution is 5.86. The highest BCUT2D eigenvalue weighted by Crippen LogP contribution is 2.26. The number of aliphatic hydroxyl groups excluding tert-OH is 1. The molecular weight excluding hydrogens is 268 g/mol. The van der Waals surface area contributed by atoms with Gasteiger partial charge in [-0.1, -0.05) is 6.07 Å². The molecular formula is C16H23N2O3+. The first kappa shape index (κ1) is 14.4. The van der Waals surface area contributed by atoms with Crippen LogP contribution in [0.3, 0.4) is 0 Å². The summed E-state index contributed by atoms with van der Waals surface area (Å²) in [5.41, 5.74) is 2.18. The number of H-pyrrole nitrogens is 1. The zero-order chi connectivity index (χ0) is 14.7. The first-order valence-electron chi connectivity index (χ1n) is 7.53. The molecule has 0 radical (unpaired) electrons. The summed E-state index contributed by atoms with van der Waals surface area (Å²) in [7, 11) is 0. The van der Waals surface area contributed by atoms with Crippen molar-refractivity contribution in [1.82, 2.24) is 4.98 Å². The molecule has 5 heteroatoms. The van der Waals surface area contributed by atoms with E-state index in [1.165, 1.54) is 4.90 Å². The lowest BCUT2D eigenvalue weighted by molar-refractivity contribution is -0.911. The second-order valence-corrected chi connectivity index (χ2v) is 5.70. The third-order valence-electron chi connectivity index (χ3n) is 3.91. The molecule has 0 unspecified atom stereocenters. The van der Waals surface area contributed by atoms with Crippen LogP contribution in [0.5, 0.6) is 5.75 Å². The minimum absolute atomic E-state index is 0.327.